The van der Waals surface area contributed by atoms with Crippen molar-refractivity contribution in [3.8, 4) is 0 Å². The normalized spacial score (nSPS) is 21.5. The van der Waals surface area contributed by atoms with Crippen molar-refractivity contribution in [1.82, 2.24) is 9.97 Å². The Kier molecular flexibility index (Phi) is 5.79. The molecule has 2 rings (SSSR count). The summed E-state index contributed by atoms with van der Waals surface area (Å²) in [4.78, 5) is 9.21. The number of nitrogens with one attached hydrogen (secondary N) is 2. The summed E-state index contributed by atoms with van der Waals surface area (Å²) >= 11 is 0. The highest BCUT2D eigenvalue weighted by molar-refractivity contribution is 5.57. The van der Waals surface area contributed by atoms with Crippen LogP contribution >= 0.6 is 0 Å². The maximum Gasteiger partial charge on any atom is 0.134 e. The zero-order chi connectivity index (χ0) is 15.2. The standard InChI is InChI=1S/C16H28N4O/c1-5-13-12(8-9-21-13)10-18-16-11(4)15(17-7-3)19-14(6-2)20-16/h12-13H,5-10H2,1-4H3,(H2,17,18,19,20). The van der Waals surface area contributed by atoms with E-state index in [0.29, 0.717) is 12.0 Å². The Morgan fingerprint density at radius 2 is 1.86 bits per heavy atom. The molecule has 2 atom stereocenters. The van der Waals surface area contributed by atoms with Gasteiger partial charge in [-0.2, -0.15) is 0 Å². The average molecular weight is 292 g/mol. The van der Waals surface area contributed by atoms with Crippen LogP contribution < -0.4 is 10.6 Å². The van der Waals surface area contributed by atoms with Gasteiger partial charge in [-0.3, -0.25) is 0 Å². The molecule has 2 heterocycles. The van der Waals surface area contributed by atoms with E-state index in [-0.39, 0.29) is 0 Å². The quantitative estimate of drug-likeness (QED) is 0.809. The molecule has 2 unspecified atom stereocenters. The molecular weight excluding hydrogens is 264 g/mol. The summed E-state index contributed by atoms with van der Waals surface area (Å²) in [5.41, 5.74) is 1.10. The van der Waals surface area contributed by atoms with Crippen LogP contribution in [0.3, 0.4) is 0 Å². The second kappa shape index (κ2) is 7.59. The summed E-state index contributed by atoms with van der Waals surface area (Å²) in [5, 5.41) is 6.84. The predicted octanol–water partition coefficient (Wildman–Crippen LogP) is 3.01. The van der Waals surface area contributed by atoms with Crippen LogP contribution in [0.25, 0.3) is 0 Å². The lowest BCUT2D eigenvalue weighted by molar-refractivity contribution is 0.0900. The maximum atomic E-state index is 5.76. The lowest BCUT2D eigenvalue weighted by Crippen LogP contribution is -2.24. The van der Waals surface area contributed by atoms with Gasteiger partial charge in [0.1, 0.15) is 17.5 Å². The maximum absolute atomic E-state index is 5.76. The zero-order valence-corrected chi connectivity index (χ0v) is 13.7. The molecule has 0 saturated carbocycles. The fourth-order valence-electron chi connectivity index (χ4n) is 2.84. The SMILES string of the molecule is CCNc1nc(CC)nc(NCC2CCOC2CC)c1C. The molecule has 5 heteroatoms. The number of anilines is 2. The molecule has 1 aromatic heterocycles. The fraction of sp³-hybridized carbons (Fsp3) is 0.750. The molecule has 1 saturated heterocycles. The summed E-state index contributed by atoms with van der Waals surface area (Å²) < 4.78 is 5.76. The monoisotopic (exact) mass is 292 g/mol. The van der Waals surface area contributed by atoms with Crippen LogP contribution in [-0.4, -0.2) is 35.8 Å². The second-order valence-corrected chi connectivity index (χ2v) is 5.59. The third-order valence-electron chi connectivity index (χ3n) is 4.13. The van der Waals surface area contributed by atoms with Gasteiger partial charge in [0.05, 0.1) is 6.10 Å². The molecule has 1 fully saturated rings. The van der Waals surface area contributed by atoms with Crippen molar-refractivity contribution in [2.75, 3.05) is 30.3 Å². The highest BCUT2D eigenvalue weighted by Gasteiger charge is 2.26. The van der Waals surface area contributed by atoms with Crippen LogP contribution in [0.4, 0.5) is 11.6 Å². The van der Waals surface area contributed by atoms with Gasteiger partial charge in [0, 0.05) is 37.6 Å². The van der Waals surface area contributed by atoms with Crippen LogP contribution in [0.5, 0.6) is 0 Å². The summed E-state index contributed by atoms with van der Waals surface area (Å²) in [7, 11) is 0. The lowest BCUT2D eigenvalue weighted by Gasteiger charge is -2.19. The number of aryl methyl sites for hydroxylation is 1. The molecule has 21 heavy (non-hydrogen) atoms. The lowest BCUT2D eigenvalue weighted by atomic mass is 10.00. The zero-order valence-electron chi connectivity index (χ0n) is 13.7. The fourth-order valence-corrected chi connectivity index (χ4v) is 2.84. The molecule has 0 aromatic carbocycles. The summed E-state index contributed by atoms with van der Waals surface area (Å²) in [5.74, 6) is 3.37. The molecule has 0 amide bonds. The van der Waals surface area contributed by atoms with Crippen molar-refractivity contribution in [2.24, 2.45) is 5.92 Å². The van der Waals surface area contributed by atoms with Gasteiger partial charge in [-0.25, -0.2) is 9.97 Å². The Morgan fingerprint density at radius 1 is 1.14 bits per heavy atom. The molecule has 0 radical (unpaired) electrons. The van der Waals surface area contributed by atoms with Gasteiger partial charge >= 0.3 is 0 Å². The first kappa shape index (κ1) is 16.0. The minimum absolute atomic E-state index is 0.388. The van der Waals surface area contributed by atoms with Gasteiger partial charge < -0.3 is 15.4 Å². The van der Waals surface area contributed by atoms with Gasteiger partial charge in [0.25, 0.3) is 0 Å². The Hall–Kier alpha value is -1.36. The van der Waals surface area contributed by atoms with Crippen LogP contribution in [0, 0.1) is 12.8 Å². The average Bonchev–Trinajstić information content (AvgIpc) is 2.95. The van der Waals surface area contributed by atoms with Crippen molar-refractivity contribution in [2.45, 2.75) is 53.1 Å². The minimum Gasteiger partial charge on any atom is -0.378 e. The topological polar surface area (TPSA) is 59.1 Å². The first-order valence-electron chi connectivity index (χ1n) is 8.16. The molecular formula is C16H28N4O. The van der Waals surface area contributed by atoms with Crippen molar-refractivity contribution in [3.63, 3.8) is 0 Å². The van der Waals surface area contributed by atoms with E-state index in [0.717, 1.165) is 62.0 Å². The van der Waals surface area contributed by atoms with Crippen LogP contribution in [0.1, 0.15) is 45.0 Å². The number of hydrogen-bond donors (Lipinski definition) is 2. The molecule has 0 aliphatic carbocycles. The van der Waals surface area contributed by atoms with Crippen molar-refractivity contribution in [1.29, 1.82) is 0 Å². The van der Waals surface area contributed by atoms with Crippen molar-refractivity contribution < 1.29 is 4.74 Å². The van der Waals surface area contributed by atoms with Crippen LogP contribution in [-0.2, 0) is 11.2 Å². The molecule has 1 aromatic rings. The van der Waals surface area contributed by atoms with Crippen molar-refractivity contribution in [3.05, 3.63) is 11.4 Å². The molecule has 0 bridgehead atoms. The summed E-state index contributed by atoms with van der Waals surface area (Å²) in [6.07, 6.45) is 3.45. The van der Waals surface area contributed by atoms with E-state index in [1.165, 1.54) is 0 Å². The molecule has 1 aliphatic heterocycles. The number of rotatable bonds is 7. The smallest absolute Gasteiger partial charge is 0.134 e. The van der Waals surface area contributed by atoms with E-state index in [1.54, 1.807) is 0 Å². The highest BCUT2D eigenvalue weighted by atomic mass is 16.5. The van der Waals surface area contributed by atoms with Gasteiger partial charge in [-0.1, -0.05) is 13.8 Å². The molecule has 0 spiro atoms. The van der Waals surface area contributed by atoms with E-state index in [1.807, 2.05) is 0 Å². The molecule has 118 valence electrons. The highest BCUT2D eigenvalue weighted by Crippen LogP contribution is 2.25. The largest absolute Gasteiger partial charge is 0.378 e. The van der Waals surface area contributed by atoms with Crippen LogP contribution in [0.15, 0.2) is 0 Å². The molecule has 1 aliphatic rings. The Bertz CT molecular complexity index is 464. The summed E-state index contributed by atoms with van der Waals surface area (Å²) in [6.45, 7) is 11.1. The van der Waals surface area contributed by atoms with Crippen LogP contribution in [0.2, 0.25) is 0 Å². The summed E-state index contributed by atoms with van der Waals surface area (Å²) in [6, 6.07) is 0. The first-order chi connectivity index (χ1) is 10.2. The predicted molar refractivity (Wildman–Crippen MR) is 86.9 cm³/mol. The third kappa shape index (κ3) is 3.84. The van der Waals surface area contributed by atoms with Crippen molar-refractivity contribution >= 4 is 11.6 Å². The minimum atomic E-state index is 0.388. The molecule has 5 nitrogen and oxygen atoms in total. The second-order valence-electron chi connectivity index (χ2n) is 5.59. The van der Waals surface area contributed by atoms with E-state index >= 15 is 0 Å². The molecule has 2 N–H and O–H groups in total. The van der Waals surface area contributed by atoms with Gasteiger partial charge in [0.15, 0.2) is 0 Å². The number of hydrogen-bond acceptors (Lipinski definition) is 5. The number of nitrogens with zero attached hydrogens (tertiary/aromatic N) is 2. The van der Waals surface area contributed by atoms with Gasteiger partial charge in [0.2, 0.25) is 0 Å². The van der Waals surface area contributed by atoms with Gasteiger partial charge in [-0.05, 0) is 26.7 Å². The third-order valence-corrected chi connectivity index (χ3v) is 4.13. The van der Waals surface area contributed by atoms with E-state index in [9.17, 15) is 0 Å². The number of ether oxygens (including phenoxy) is 1. The number of aromatic nitrogens is 2. The van der Waals surface area contributed by atoms with E-state index in [4.69, 9.17) is 4.74 Å². The Labute approximate surface area is 127 Å². The van der Waals surface area contributed by atoms with Gasteiger partial charge in [-0.15, -0.1) is 0 Å². The Morgan fingerprint density at radius 3 is 2.48 bits per heavy atom. The Balaban J connectivity index is 2.09. The first-order valence-corrected chi connectivity index (χ1v) is 8.16. The van der Waals surface area contributed by atoms with E-state index < -0.39 is 0 Å². The van der Waals surface area contributed by atoms with E-state index in [2.05, 4.69) is 48.3 Å².